The molecule has 8 heteroatoms. The number of pyridine rings is 1. The molecule has 0 radical (unpaired) electrons. The number of sulfonamides is 1. The predicted molar refractivity (Wildman–Crippen MR) is 121 cm³/mol. The first-order valence-electron chi connectivity index (χ1n) is 11.0. The van der Waals surface area contributed by atoms with Crippen LogP contribution in [0.15, 0.2) is 47.5 Å². The minimum Gasteiger partial charge on any atom is -0.353 e. The molecule has 0 N–H and O–H groups in total. The molecule has 4 rings (SSSR count). The van der Waals surface area contributed by atoms with Gasteiger partial charge in [-0.25, -0.2) is 13.4 Å². The summed E-state index contributed by atoms with van der Waals surface area (Å²) < 4.78 is 27.2. The zero-order valence-electron chi connectivity index (χ0n) is 18.0. The quantitative estimate of drug-likeness (QED) is 0.711. The van der Waals surface area contributed by atoms with Crippen LogP contribution in [0.2, 0.25) is 0 Å². The highest BCUT2D eigenvalue weighted by atomic mass is 32.2. The van der Waals surface area contributed by atoms with Crippen molar-refractivity contribution in [3.05, 3.63) is 53.7 Å². The smallest absolute Gasteiger partial charge is 0.244 e. The number of nitrogens with zero attached hydrogens (tertiary/aromatic N) is 4. The van der Waals surface area contributed by atoms with E-state index in [1.165, 1.54) is 6.20 Å². The van der Waals surface area contributed by atoms with E-state index >= 15 is 0 Å². The summed E-state index contributed by atoms with van der Waals surface area (Å²) in [6.07, 6.45) is 4.81. The van der Waals surface area contributed by atoms with Crippen LogP contribution in [0.5, 0.6) is 0 Å². The maximum atomic E-state index is 12.8. The summed E-state index contributed by atoms with van der Waals surface area (Å²) in [5.74, 6) is 0.897. The third kappa shape index (κ3) is 4.91. The van der Waals surface area contributed by atoms with Crippen LogP contribution in [-0.2, 0) is 21.2 Å². The van der Waals surface area contributed by atoms with Gasteiger partial charge in [-0.1, -0.05) is 30.7 Å². The van der Waals surface area contributed by atoms with Gasteiger partial charge >= 0.3 is 0 Å². The summed E-state index contributed by atoms with van der Waals surface area (Å²) in [5.41, 5.74) is 2.21. The third-order valence-electron chi connectivity index (χ3n) is 6.23. The zero-order chi connectivity index (χ0) is 21.8. The van der Waals surface area contributed by atoms with Gasteiger partial charge in [-0.3, -0.25) is 4.79 Å². The Morgan fingerprint density at radius 2 is 1.65 bits per heavy atom. The number of hydrogen-bond acceptors (Lipinski definition) is 5. The summed E-state index contributed by atoms with van der Waals surface area (Å²) in [5, 5.41) is 0. The highest BCUT2D eigenvalue weighted by Crippen LogP contribution is 2.22. The lowest BCUT2D eigenvalue weighted by atomic mass is 10.1. The second-order valence-electron chi connectivity index (χ2n) is 8.29. The largest absolute Gasteiger partial charge is 0.353 e. The Bertz CT molecular complexity index is 1010. The zero-order valence-corrected chi connectivity index (χ0v) is 18.9. The molecule has 1 amide bonds. The number of piperidine rings is 1. The molecule has 1 aromatic heterocycles. The van der Waals surface area contributed by atoms with Crippen molar-refractivity contribution in [1.82, 2.24) is 14.2 Å². The first kappa shape index (κ1) is 21.8. The normalized spacial score (nSPS) is 18.2. The minimum atomic E-state index is -3.46. The monoisotopic (exact) mass is 442 g/mol. The van der Waals surface area contributed by atoms with Gasteiger partial charge in [0.25, 0.3) is 0 Å². The molecule has 2 fully saturated rings. The van der Waals surface area contributed by atoms with E-state index in [0.717, 1.165) is 36.2 Å². The molecule has 2 saturated heterocycles. The molecule has 0 aliphatic carbocycles. The van der Waals surface area contributed by atoms with Crippen molar-refractivity contribution in [3.63, 3.8) is 0 Å². The lowest BCUT2D eigenvalue weighted by Crippen LogP contribution is -2.49. The molecule has 2 aromatic rings. The van der Waals surface area contributed by atoms with Crippen molar-refractivity contribution in [2.24, 2.45) is 0 Å². The van der Waals surface area contributed by atoms with Crippen LogP contribution in [0.3, 0.4) is 0 Å². The van der Waals surface area contributed by atoms with Crippen LogP contribution in [0, 0.1) is 6.92 Å². The Morgan fingerprint density at radius 1 is 0.935 bits per heavy atom. The Balaban J connectivity index is 1.34. The van der Waals surface area contributed by atoms with E-state index in [0.29, 0.717) is 45.7 Å². The van der Waals surface area contributed by atoms with Crippen LogP contribution < -0.4 is 4.90 Å². The van der Waals surface area contributed by atoms with E-state index in [1.54, 1.807) is 16.4 Å². The van der Waals surface area contributed by atoms with E-state index in [-0.39, 0.29) is 10.8 Å². The molecule has 7 nitrogen and oxygen atoms in total. The molecule has 0 spiro atoms. The Hall–Kier alpha value is -2.45. The van der Waals surface area contributed by atoms with Crippen LogP contribution in [0.1, 0.15) is 30.4 Å². The second kappa shape index (κ2) is 9.36. The molecule has 31 heavy (non-hydrogen) atoms. The van der Waals surface area contributed by atoms with Gasteiger partial charge in [0.05, 0.1) is 6.42 Å². The SMILES string of the molecule is Cc1ccccc1CC(=O)N1CCN(c2ccc(S(=O)(=O)N3CCCCC3)cn2)CC1. The van der Waals surface area contributed by atoms with Crippen LogP contribution in [-0.4, -0.2) is 67.8 Å². The van der Waals surface area contributed by atoms with Crippen molar-refractivity contribution < 1.29 is 13.2 Å². The number of rotatable bonds is 5. The number of aryl methyl sites for hydroxylation is 1. The molecule has 2 aliphatic rings. The molecule has 0 bridgehead atoms. The van der Waals surface area contributed by atoms with Crippen LogP contribution in [0.4, 0.5) is 5.82 Å². The van der Waals surface area contributed by atoms with Gasteiger partial charge in [0, 0.05) is 45.5 Å². The topological polar surface area (TPSA) is 73.8 Å². The molecule has 1 aromatic carbocycles. The highest BCUT2D eigenvalue weighted by molar-refractivity contribution is 7.89. The minimum absolute atomic E-state index is 0.143. The molecule has 2 aliphatic heterocycles. The fraction of sp³-hybridized carbons (Fsp3) is 0.478. The Kier molecular flexibility index (Phi) is 6.57. The van der Waals surface area contributed by atoms with Gasteiger partial charge in [-0.05, 0) is 43.0 Å². The van der Waals surface area contributed by atoms with E-state index < -0.39 is 10.0 Å². The van der Waals surface area contributed by atoms with E-state index in [9.17, 15) is 13.2 Å². The third-order valence-corrected chi connectivity index (χ3v) is 8.12. The Morgan fingerprint density at radius 3 is 2.29 bits per heavy atom. The number of amides is 1. The average molecular weight is 443 g/mol. The van der Waals surface area contributed by atoms with Crippen LogP contribution in [0.25, 0.3) is 0 Å². The summed E-state index contributed by atoms with van der Waals surface area (Å²) in [6.45, 7) is 5.85. The van der Waals surface area contributed by atoms with E-state index in [4.69, 9.17) is 0 Å². The fourth-order valence-electron chi connectivity index (χ4n) is 4.23. The van der Waals surface area contributed by atoms with Crippen molar-refractivity contribution in [2.45, 2.75) is 37.5 Å². The molecule has 0 saturated carbocycles. The molecule has 3 heterocycles. The van der Waals surface area contributed by atoms with Crippen molar-refractivity contribution in [2.75, 3.05) is 44.2 Å². The van der Waals surface area contributed by atoms with Gasteiger partial charge in [-0.2, -0.15) is 4.31 Å². The summed E-state index contributed by atoms with van der Waals surface area (Å²) in [4.78, 5) is 21.4. The summed E-state index contributed by atoms with van der Waals surface area (Å²) in [6, 6.07) is 11.4. The molecule has 0 unspecified atom stereocenters. The number of carbonyl (C=O) groups excluding carboxylic acids is 1. The van der Waals surface area contributed by atoms with Gasteiger partial charge < -0.3 is 9.80 Å². The first-order chi connectivity index (χ1) is 14.9. The number of piperazine rings is 1. The standard InChI is InChI=1S/C23H30N4O3S/c1-19-7-3-4-8-20(19)17-23(28)26-15-13-25(14-16-26)22-10-9-21(18-24-22)31(29,30)27-11-5-2-6-12-27/h3-4,7-10,18H,2,5-6,11-17H2,1H3. The second-order valence-corrected chi connectivity index (χ2v) is 10.2. The fourth-order valence-corrected chi connectivity index (χ4v) is 5.70. The molecule has 0 atom stereocenters. The summed E-state index contributed by atoms with van der Waals surface area (Å²) >= 11 is 0. The van der Waals surface area contributed by atoms with Crippen molar-refractivity contribution in [1.29, 1.82) is 0 Å². The number of carbonyl (C=O) groups is 1. The number of aromatic nitrogens is 1. The lowest BCUT2D eigenvalue weighted by Gasteiger charge is -2.35. The Labute approximate surface area is 184 Å². The van der Waals surface area contributed by atoms with Gasteiger partial charge in [0.1, 0.15) is 10.7 Å². The predicted octanol–water partition coefficient (Wildman–Crippen LogP) is 2.46. The molecular formula is C23H30N4O3S. The molecule has 166 valence electrons. The number of anilines is 1. The summed E-state index contributed by atoms with van der Waals surface area (Å²) in [7, 11) is -3.46. The first-order valence-corrected chi connectivity index (χ1v) is 12.4. The lowest BCUT2D eigenvalue weighted by molar-refractivity contribution is -0.130. The highest BCUT2D eigenvalue weighted by Gasteiger charge is 2.27. The van der Waals surface area contributed by atoms with Crippen molar-refractivity contribution >= 4 is 21.7 Å². The maximum Gasteiger partial charge on any atom is 0.244 e. The molecular weight excluding hydrogens is 412 g/mol. The number of benzene rings is 1. The van der Waals surface area contributed by atoms with Gasteiger partial charge in [0.15, 0.2) is 0 Å². The number of hydrogen-bond donors (Lipinski definition) is 0. The van der Waals surface area contributed by atoms with E-state index in [2.05, 4.69) is 9.88 Å². The van der Waals surface area contributed by atoms with E-state index in [1.807, 2.05) is 36.1 Å². The van der Waals surface area contributed by atoms with Crippen LogP contribution >= 0.6 is 0 Å². The van der Waals surface area contributed by atoms with Crippen molar-refractivity contribution in [3.8, 4) is 0 Å². The van der Waals surface area contributed by atoms with Gasteiger partial charge in [-0.15, -0.1) is 0 Å². The maximum absolute atomic E-state index is 12.8. The average Bonchev–Trinajstić information content (AvgIpc) is 2.81. The van der Waals surface area contributed by atoms with Gasteiger partial charge in [0.2, 0.25) is 15.9 Å².